The van der Waals surface area contributed by atoms with Crippen LogP contribution in [-0.2, 0) is 10.0 Å². The van der Waals surface area contributed by atoms with Gasteiger partial charge < -0.3 is 0 Å². The third kappa shape index (κ3) is 4.95. The standard InChI is InChI=1S/C19H15Cl2N3O3S/c20-14-7-9-16(10-8-14)24-28(26,27)18-12-13(6-11-17(18)21)19(25)23-22-15-4-2-1-3-5-15/h1-12,22,24H,(H,23,25). The van der Waals surface area contributed by atoms with Gasteiger partial charge in [-0.1, -0.05) is 41.4 Å². The van der Waals surface area contributed by atoms with Crippen LogP contribution in [0.1, 0.15) is 10.4 Å². The fourth-order valence-corrected chi connectivity index (χ4v) is 4.01. The smallest absolute Gasteiger partial charge is 0.269 e. The number of nitrogens with one attached hydrogen (secondary N) is 3. The number of carbonyl (C=O) groups is 1. The van der Waals surface area contributed by atoms with E-state index >= 15 is 0 Å². The number of amides is 1. The summed E-state index contributed by atoms with van der Waals surface area (Å²) in [5.41, 5.74) is 6.39. The minimum absolute atomic E-state index is 0.00553. The molecule has 6 nitrogen and oxygen atoms in total. The Kier molecular flexibility index (Phi) is 6.08. The number of sulfonamides is 1. The molecule has 0 heterocycles. The second-order valence-electron chi connectivity index (χ2n) is 5.70. The molecule has 0 aromatic heterocycles. The molecule has 0 bridgehead atoms. The molecule has 3 N–H and O–H groups in total. The van der Waals surface area contributed by atoms with Crippen LogP contribution in [0.3, 0.4) is 0 Å². The summed E-state index contributed by atoms with van der Waals surface area (Å²) in [4.78, 5) is 12.1. The first-order chi connectivity index (χ1) is 13.3. The number of hydrogen-bond donors (Lipinski definition) is 3. The highest BCUT2D eigenvalue weighted by Gasteiger charge is 2.20. The molecule has 144 valence electrons. The van der Waals surface area contributed by atoms with Crippen LogP contribution in [0.5, 0.6) is 0 Å². The lowest BCUT2D eigenvalue weighted by Crippen LogP contribution is -2.29. The number of anilines is 2. The predicted octanol–water partition coefficient (Wildman–Crippen LogP) is 4.55. The second kappa shape index (κ2) is 8.52. The number of hydrazine groups is 1. The van der Waals surface area contributed by atoms with Crippen molar-refractivity contribution in [3.8, 4) is 0 Å². The molecule has 0 saturated carbocycles. The maximum absolute atomic E-state index is 12.7. The lowest BCUT2D eigenvalue weighted by Gasteiger charge is -2.12. The van der Waals surface area contributed by atoms with Crippen molar-refractivity contribution in [2.45, 2.75) is 4.90 Å². The van der Waals surface area contributed by atoms with Crippen LogP contribution in [-0.4, -0.2) is 14.3 Å². The molecule has 0 atom stereocenters. The summed E-state index contributed by atoms with van der Waals surface area (Å²) in [7, 11) is -4.01. The zero-order chi connectivity index (χ0) is 20.1. The van der Waals surface area contributed by atoms with Crippen molar-refractivity contribution in [3.05, 3.63) is 88.4 Å². The number of halogens is 2. The van der Waals surface area contributed by atoms with Crippen LogP contribution < -0.4 is 15.6 Å². The van der Waals surface area contributed by atoms with Gasteiger partial charge in [-0.25, -0.2) is 8.42 Å². The van der Waals surface area contributed by atoms with E-state index in [-0.39, 0.29) is 15.5 Å². The van der Waals surface area contributed by atoms with Crippen molar-refractivity contribution < 1.29 is 13.2 Å². The average Bonchev–Trinajstić information content (AvgIpc) is 2.69. The molecule has 3 rings (SSSR count). The van der Waals surface area contributed by atoms with Crippen molar-refractivity contribution >= 4 is 50.5 Å². The molecular weight excluding hydrogens is 421 g/mol. The van der Waals surface area contributed by atoms with E-state index in [1.807, 2.05) is 18.2 Å². The van der Waals surface area contributed by atoms with Gasteiger partial charge in [0.2, 0.25) is 0 Å². The molecule has 0 aliphatic carbocycles. The number of para-hydroxylation sites is 1. The van der Waals surface area contributed by atoms with E-state index < -0.39 is 15.9 Å². The maximum Gasteiger partial charge on any atom is 0.269 e. The van der Waals surface area contributed by atoms with Crippen LogP contribution in [0, 0.1) is 0 Å². The summed E-state index contributed by atoms with van der Waals surface area (Å²) in [6.45, 7) is 0. The minimum Gasteiger partial charge on any atom is -0.298 e. The van der Waals surface area contributed by atoms with Gasteiger partial charge in [-0.3, -0.25) is 20.4 Å². The van der Waals surface area contributed by atoms with Crippen molar-refractivity contribution in [3.63, 3.8) is 0 Å². The first-order valence-electron chi connectivity index (χ1n) is 8.04. The molecule has 0 fully saturated rings. The van der Waals surface area contributed by atoms with E-state index in [9.17, 15) is 13.2 Å². The monoisotopic (exact) mass is 435 g/mol. The normalized spacial score (nSPS) is 10.9. The van der Waals surface area contributed by atoms with Crippen molar-refractivity contribution in [2.75, 3.05) is 10.1 Å². The fourth-order valence-electron chi connectivity index (χ4n) is 2.30. The van der Waals surface area contributed by atoms with Gasteiger partial charge in [-0.2, -0.15) is 0 Å². The van der Waals surface area contributed by atoms with Gasteiger partial charge in [0, 0.05) is 16.3 Å². The first kappa shape index (κ1) is 20.0. The van der Waals surface area contributed by atoms with Gasteiger partial charge in [0.25, 0.3) is 15.9 Å². The van der Waals surface area contributed by atoms with Gasteiger partial charge in [-0.15, -0.1) is 0 Å². The lowest BCUT2D eigenvalue weighted by atomic mass is 10.2. The van der Waals surface area contributed by atoms with Crippen molar-refractivity contribution in [1.82, 2.24) is 5.43 Å². The average molecular weight is 436 g/mol. The Bertz CT molecular complexity index is 1090. The summed E-state index contributed by atoms with van der Waals surface area (Å²) >= 11 is 11.9. The highest BCUT2D eigenvalue weighted by molar-refractivity contribution is 7.92. The Balaban J connectivity index is 1.80. The zero-order valence-electron chi connectivity index (χ0n) is 14.3. The Morgan fingerprint density at radius 1 is 0.821 bits per heavy atom. The van der Waals surface area contributed by atoms with Crippen LogP contribution in [0.2, 0.25) is 10.0 Å². The molecule has 9 heteroatoms. The van der Waals surface area contributed by atoms with Crippen LogP contribution >= 0.6 is 23.2 Å². The van der Waals surface area contributed by atoms with Crippen LogP contribution in [0.15, 0.2) is 77.7 Å². The van der Waals surface area contributed by atoms with E-state index in [1.54, 1.807) is 24.3 Å². The molecule has 0 radical (unpaired) electrons. The molecule has 0 aliphatic rings. The minimum atomic E-state index is -4.01. The molecule has 0 spiro atoms. The fraction of sp³-hybridized carbons (Fsp3) is 0. The van der Waals surface area contributed by atoms with E-state index in [1.165, 1.54) is 30.3 Å². The summed E-state index contributed by atoms with van der Waals surface area (Å²) < 4.78 is 27.8. The van der Waals surface area contributed by atoms with E-state index in [0.717, 1.165) is 0 Å². The SMILES string of the molecule is O=C(NNc1ccccc1)c1ccc(Cl)c(S(=O)(=O)Nc2ccc(Cl)cc2)c1. The van der Waals surface area contributed by atoms with Crippen molar-refractivity contribution in [1.29, 1.82) is 0 Å². The molecule has 0 aliphatic heterocycles. The number of hydrogen-bond acceptors (Lipinski definition) is 4. The Labute approximate surface area is 172 Å². The number of rotatable bonds is 6. The summed E-state index contributed by atoms with van der Waals surface area (Å²) in [5.74, 6) is -0.511. The van der Waals surface area contributed by atoms with E-state index in [0.29, 0.717) is 16.4 Å². The van der Waals surface area contributed by atoms with E-state index in [2.05, 4.69) is 15.6 Å². The highest BCUT2D eigenvalue weighted by atomic mass is 35.5. The summed E-state index contributed by atoms with van der Waals surface area (Å²) in [6, 6.07) is 19.2. The zero-order valence-corrected chi connectivity index (χ0v) is 16.6. The highest BCUT2D eigenvalue weighted by Crippen LogP contribution is 2.25. The van der Waals surface area contributed by atoms with Gasteiger partial charge >= 0.3 is 0 Å². The topological polar surface area (TPSA) is 87.3 Å². The van der Waals surface area contributed by atoms with Crippen molar-refractivity contribution in [2.24, 2.45) is 0 Å². The third-order valence-corrected chi connectivity index (χ3v) is 5.79. The Morgan fingerprint density at radius 3 is 2.18 bits per heavy atom. The molecule has 28 heavy (non-hydrogen) atoms. The lowest BCUT2D eigenvalue weighted by molar-refractivity contribution is 0.0962. The van der Waals surface area contributed by atoms with Gasteiger partial charge in [0.1, 0.15) is 4.90 Å². The molecular formula is C19H15Cl2N3O3S. The predicted molar refractivity (Wildman–Crippen MR) is 111 cm³/mol. The van der Waals surface area contributed by atoms with Gasteiger partial charge in [-0.05, 0) is 54.6 Å². The van der Waals surface area contributed by atoms with Gasteiger partial charge in [0.15, 0.2) is 0 Å². The summed E-state index contributed by atoms with van der Waals surface area (Å²) in [6.07, 6.45) is 0. The molecule has 3 aromatic rings. The molecule has 0 saturated heterocycles. The second-order valence-corrected chi connectivity index (χ2v) is 8.20. The molecule has 1 amide bonds. The number of carbonyl (C=O) groups excluding carboxylic acids is 1. The maximum atomic E-state index is 12.7. The largest absolute Gasteiger partial charge is 0.298 e. The quantitative estimate of drug-likeness (QED) is 0.495. The molecule has 3 aromatic carbocycles. The number of benzene rings is 3. The van der Waals surface area contributed by atoms with Crippen LogP contribution in [0.25, 0.3) is 0 Å². The first-order valence-corrected chi connectivity index (χ1v) is 10.3. The van der Waals surface area contributed by atoms with Crippen LogP contribution in [0.4, 0.5) is 11.4 Å². The van der Waals surface area contributed by atoms with E-state index in [4.69, 9.17) is 23.2 Å². The van der Waals surface area contributed by atoms with Gasteiger partial charge in [0.05, 0.1) is 10.7 Å². The third-order valence-electron chi connectivity index (χ3n) is 3.67. The Hall–Kier alpha value is -2.74. The summed E-state index contributed by atoms with van der Waals surface area (Å²) in [5, 5.41) is 0.472. The molecule has 0 unspecified atom stereocenters. The Morgan fingerprint density at radius 2 is 1.50 bits per heavy atom.